The molecule has 4 nitrogen and oxygen atoms in total. The second-order valence-electron chi connectivity index (χ2n) is 3.77. The van der Waals surface area contributed by atoms with Gasteiger partial charge in [0.15, 0.2) is 11.6 Å². The van der Waals surface area contributed by atoms with Gasteiger partial charge in [0.05, 0.1) is 0 Å². The zero-order valence-electron chi connectivity index (χ0n) is 9.20. The van der Waals surface area contributed by atoms with Crippen molar-refractivity contribution < 1.29 is 19.4 Å². The largest absolute Gasteiger partial charge is 0.505 e. The molecule has 0 aromatic heterocycles. The average Bonchev–Trinajstić information content (AvgIpc) is 2.24. The van der Waals surface area contributed by atoms with E-state index in [4.69, 9.17) is 10.8 Å². The zero-order chi connectivity index (χ0) is 13.2. The normalized spacial score (nSPS) is 12.5. The van der Waals surface area contributed by atoms with Gasteiger partial charge < -0.3 is 15.9 Å². The summed E-state index contributed by atoms with van der Waals surface area (Å²) in [4.78, 5) is 10.4. The molecule has 0 radical (unpaired) electrons. The van der Waals surface area contributed by atoms with Gasteiger partial charge in [-0.3, -0.25) is 4.79 Å². The number of carbonyl (C=O) groups is 1. The molecule has 0 spiro atoms. The SMILES string of the molecule is Cc1c(Br)cc(F)c(O)c1C(N)CCC(=O)O. The number of hydrogen-bond donors (Lipinski definition) is 3. The highest BCUT2D eigenvalue weighted by atomic mass is 79.9. The second kappa shape index (κ2) is 5.46. The van der Waals surface area contributed by atoms with Crippen molar-refractivity contribution in [1.29, 1.82) is 0 Å². The smallest absolute Gasteiger partial charge is 0.303 e. The maximum Gasteiger partial charge on any atom is 0.303 e. The Balaban J connectivity index is 3.07. The van der Waals surface area contributed by atoms with E-state index in [2.05, 4.69) is 15.9 Å². The number of rotatable bonds is 4. The Morgan fingerprint density at radius 3 is 2.76 bits per heavy atom. The van der Waals surface area contributed by atoms with Crippen LogP contribution in [0.2, 0.25) is 0 Å². The van der Waals surface area contributed by atoms with Crippen LogP contribution in [0.25, 0.3) is 0 Å². The zero-order valence-corrected chi connectivity index (χ0v) is 10.8. The van der Waals surface area contributed by atoms with Gasteiger partial charge in [0.1, 0.15) is 0 Å². The summed E-state index contributed by atoms with van der Waals surface area (Å²) in [5, 5.41) is 18.2. The van der Waals surface area contributed by atoms with E-state index in [1.54, 1.807) is 6.92 Å². The lowest BCUT2D eigenvalue weighted by molar-refractivity contribution is -0.137. The van der Waals surface area contributed by atoms with E-state index in [9.17, 15) is 14.3 Å². The number of phenols is 1. The summed E-state index contributed by atoms with van der Waals surface area (Å²) in [6.07, 6.45) is 0.00774. The van der Waals surface area contributed by atoms with Crippen molar-refractivity contribution >= 4 is 21.9 Å². The lowest BCUT2D eigenvalue weighted by Crippen LogP contribution is -2.14. The summed E-state index contributed by atoms with van der Waals surface area (Å²) in [5.41, 5.74) is 6.63. The Morgan fingerprint density at radius 1 is 1.65 bits per heavy atom. The lowest BCUT2D eigenvalue weighted by Gasteiger charge is -2.17. The Hall–Kier alpha value is -1.14. The van der Waals surface area contributed by atoms with E-state index in [-0.39, 0.29) is 18.4 Å². The van der Waals surface area contributed by atoms with Gasteiger partial charge in [-0.15, -0.1) is 0 Å². The van der Waals surface area contributed by atoms with Gasteiger partial charge in [-0.2, -0.15) is 0 Å². The minimum Gasteiger partial charge on any atom is -0.505 e. The van der Waals surface area contributed by atoms with E-state index < -0.39 is 23.6 Å². The number of hydrogen-bond acceptors (Lipinski definition) is 3. The topological polar surface area (TPSA) is 83.5 Å². The number of carboxylic acids is 1. The summed E-state index contributed by atoms with van der Waals surface area (Å²) in [6, 6.07) is 0.441. The van der Waals surface area contributed by atoms with Gasteiger partial charge >= 0.3 is 5.97 Å². The Bertz CT molecular complexity index is 425. The highest BCUT2D eigenvalue weighted by Gasteiger charge is 2.20. The van der Waals surface area contributed by atoms with Gasteiger partial charge in [0, 0.05) is 22.5 Å². The minimum absolute atomic E-state index is 0.131. The van der Waals surface area contributed by atoms with Crippen molar-refractivity contribution in [3.05, 3.63) is 27.5 Å². The van der Waals surface area contributed by atoms with Crippen LogP contribution in [0.5, 0.6) is 5.75 Å². The van der Waals surface area contributed by atoms with E-state index >= 15 is 0 Å². The van der Waals surface area contributed by atoms with Crippen molar-refractivity contribution in [2.45, 2.75) is 25.8 Å². The van der Waals surface area contributed by atoms with E-state index in [0.29, 0.717) is 10.0 Å². The third-order valence-electron chi connectivity index (χ3n) is 2.54. The molecule has 1 aromatic carbocycles. The second-order valence-corrected chi connectivity index (χ2v) is 4.62. The first-order chi connectivity index (χ1) is 7.84. The van der Waals surface area contributed by atoms with Crippen LogP contribution < -0.4 is 5.73 Å². The maximum atomic E-state index is 13.3. The number of halogens is 2. The molecule has 1 unspecified atom stereocenters. The van der Waals surface area contributed by atoms with Gasteiger partial charge in [0.2, 0.25) is 0 Å². The molecule has 0 fully saturated rings. The van der Waals surface area contributed by atoms with Crippen molar-refractivity contribution in [3.63, 3.8) is 0 Å². The number of phenolic OH excluding ortho intramolecular Hbond substituents is 1. The molecular formula is C11H13BrFNO3. The van der Waals surface area contributed by atoms with Crippen LogP contribution in [-0.2, 0) is 4.79 Å². The molecule has 0 bridgehead atoms. The number of nitrogens with two attached hydrogens (primary N) is 1. The molecule has 0 saturated carbocycles. The maximum absolute atomic E-state index is 13.3. The molecule has 1 atom stereocenters. The fourth-order valence-corrected chi connectivity index (χ4v) is 2.01. The summed E-state index contributed by atoms with van der Waals surface area (Å²) in [5.74, 6) is -2.26. The van der Waals surface area contributed by atoms with Crippen LogP contribution in [0.15, 0.2) is 10.5 Å². The molecule has 94 valence electrons. The fraction of sp³-hybridized carbons (Fsp3) is 0.364. The number of aromatic hydroxyl groups is 1. The third kappa shape index (κ3) is 3.17. The quantitative estimate of drug-likeness (QED) is 0.798. The molecule has 1 rings (SSSR count). The number of carboxylic acid groups (broad SMARTS) is 1. The van der Waals surface area contributed by atoms with Crippen LogP contribution in [0.1, 0.15) is 30.0 Å². The molecule has 4 N–H and O–H groups in total. The molecule has 6 heteroatoms. The first kappa shape index (κ1) is 13.9. The third-order valence-corrected chi connectivity index (χ3v) is 3.36. The molecule has 0 heterocycles. The van der Waals surface area contributed by atoms with Crippen LogP contribution in [-0.4, -0.2) is 16.2 Å². The van der Waals surface area contributed by atoms with Crippen molar-refractivity contribution in [3.8, 4) is 5.75 Å². The Morgan fingerprint density at radius 2 is 2.24 bits per heavy atom. The van der Waals surface area contributed by atoms with E-state index in [1.165, 1.54) is 0 Å². The summed E-state index contributed by atoms with van der Waals surface area (Å²) < 4.78 is 13.8. The predicted octanol–water partition coefficient (Wildman–Crippen LogP) is 2.47. The number of aliphatic carboxylic acids is 1. The minimum atomic E-state index is -0.979. The van der Waals surface area contributed by atoms with Crippen molar-refractivity contribution in [2.24, 2.45) is 5.73 Å². The van der Waals surface area contributed by atoms with Gasteiger partial charge in [-0.25, -0.2) is 4.39 Å². The molecule has 0 aliphatic heterocycles. The van der Waals surface area contributed by atoms with Gasteiger partial charge in [0.25, 0.3) is 0 Å². The summed E-state index contributed by atoms with van der Waals surface area (Å²) >= 11 is 3.16. The first-order valence-corrected chi connectivity index (χ1v) is 5.78. The predicted molar refractivity (Wildman–Crippen MR) is 64.3 cm³/mol. The standard InChI is InChI=1S/C11H13BrFNO3/c1-5-6(12)4-7(13)11(17)10(5)8(14)2-3-9(15)16/h4,8,17H,2-3,14H2,1H3,(H,15,16). The molecule has 17 heavy (non-hydrogen) atoms. The molecule has 1 aromatic rings. The average molecular weight is 306 g/mol. The highest BCUT2D eigenvalue weighted by Crippen LogP contribution is 2.35. The van der Waals surface area contributed by atoms with Crippen LogP contribution in [0, 0.1) is 12.7 Å². The molecule has 0 aliphatic rings. The van der Waals surface area contributed by atoms with E-state index in [1.807, 2.05) is 0 Å². The van der Waals surface area contributed by atoms with Crippen LogP contribution >= 0.6 is 15.9 Å². The fourth-order valence-electron chi connectivity index (χ4n) is 1.60. The first-order valence-electron chi connectivity index (χ1n) is 4.99. The van der Waals surface area contributed by atoms with Crippen molar-refractivity contribution in [2.75, 3.05) is 0 Å². The summed E-state index contributed by atoms with van der Waals surface area (Å²) in [7, 11) is 0. The van der Waals surface area contributed by atoms with Crippen LogP contribution in [0.3, 0.4) is 0 Å². The van der Waals surface area contributed by atoms with Gasteiger partial charge in [-0.1, -0.05) is 15.9 Å². The van der Waals surface area contributed by atoms with Crippen LogP contribution in [0.4, 0.5) is 4.39 Å². The lowest BCUT2D eigenvalue weighted by atomic mass is 9.97. The Kier molecular flexibility index (Phi) is 4.47. The summed E-state index contributed by atoms with van der Waals surface area (Å²) in [6.45, 7) is 1.68. The Labute approximate surface area is 106 Å². The molecule has 0 saturated heterocycles. The number of benzene rings is 1. The van der Waals surface area contributed by atoms with Gasteiger partial charge in [-0.05, 0) is 25.0 Å². The molecule has 0 amide bonds. The van der Waals surface area contributed by atoms with Crippen molar-refractivity contribution in [1.82, 2.24) is 0 Å². The monoisotopic (exact) mass is 305 g/mol. The van der Waals surface area contributed by atoms with E-state index in [0.717, 1.165) is 6.07 Å². The molecular weight excluding hydrogens is 293 g/mol. The highest BCUT2D eigenvalue weighted by molar-refractivity contribution is 9.10. The molecule has 0 aliphatic carbocycles.